The van der Waals surface area contributed by atoms with Gasteiger partial charge in [0.05, 0.1) is 47.2 Å². The summed E-state index contributed by atoms with van der Waals surface area (Å²) in [6.45, 7) is 0. The molecule has 0 radical (unpaired) electrons. The molecule has 6 aromatic carbocycles. The first-order chi connectivity index (χ1) is 22.8. The number of hydrogen-bond donors (Lipinski definition) is 0. The van der Waals surface area contributed by atoms with E-state index in [9.17, 15) is 0 Å². The summed E-state index contributed by atoms with van der Waals surface area (Å²) in [4.78, 5) is 21.1. The fourth-order valence-electron chi connectivity index (χ4n) is 6.38. The lowest BCUT2D eigenvalue weighted by Crippen LogP contribution is -2.11. The Morgan fingerprint density at radius 1 is 0.391 bits per heavy atom. The van der Waals surface area contributed by atoms with Crippen LogP contribution >= 0.6 is 0 Å². The first-order valence-electron chi connectivity index (χ1n) is 15.2. The van der Waals surface area contributed by atoms with E-state index in [2.05, 4.69) is 143 Å². The molecule has 6 nitrogen and oxygen atoms in total. The quantitative estimate of drug-likeness (QED) is 0.200. The Morgan fingerprint density at radius 2 is 0.826 bits per heavy atom. The zero-order valence-electron chi connectivity index (χ0n) is 24.7. The summed E-state index contributed by atoms with van der Waals surface area (Å²) in [7, 11) is 0. The Morgan fingerprint density at radius 3 is 1.35 bits per heavy atom. The van der Waals surface area contributed by atoms with Gasteiger partial charge in [-0.15, -0.1) is 0 Å². The third-order valence-corrected chi connectivity index (χ3v) is 8.56. The normalized spacial score (nSPS) is 11.5. The number of para-hydroxylation sites is 2. The molecular weight excluding hydrogens is 564 g/mol. The third kappa shape index (κ3) is 4.35. The molecule has 0 amide bonds. The molecule has 0 saturated heterocycles. The summed E-state index contributed by atoms with van der Waals surface area (Å²) in [5, 5.41) is 7.11. The van der Waals surface area contributed by atoms with Gasteiger partial charge in [0.25, 0.3) is 0 Å². The summed E-state index contributed by atoms with van der Waals surface area (Å²) < 4.78 is 2.20. The van der Waals surface area contributed by atoms with E-state index < -0.39 is 0 Å². The Balaban J connectivity index is 1.10. The van der Waals surface area contributed by atoms with Crippen LogP contribution in [0.1, 0.15) is 0 Å². The highest BCUT2D eigenvalue weighted by Crippen LogP contribution is 2.37. The van der Waals surface area contributed by atoms with Crippen molar-refractivity contribution >= 4 is 60.4 Å². The maximum atomic E-state index is 4.75. The van der Waals surface area contributed by atoms with Crippen molar-refractivity contribution < 1.29 is 0 Å². The monoisotopic (exact) mass is 590 g/mol. The molecule has 0 bridgehead atoms. The molecule has 0 saturated carbocycles. The molecule has 0 fully saturated rings. The van der Waals surface area contributed by atoms with Gasteiger partial charge in [-0.25, -0.2) is 19.9 Å². The highest BCUT2D eigenvalue weighted by atomic mass is 15.2. The van der Waals surface area contributed by atoms with E-state index in [1.165, 1.54) is 32.3 Å². The van der Waals surface area contributed by atoms with E-state index in [0.29, 0.717) is 11.6 Å². The van der Waals surface area contributed by atoms with Crippen molar-refractivity contribution in [2.45, 2.75) is 0 Å². The van der Waals surface area contributed by atoms with Gasteiger partial charge in [-0.05, 0) is 57.9 Å². The average molecular weight is 591 g/mol. The number of fused-ring (bicyclic) bond motifs is 5. The molecule has 3 heterocycles. The molecule has 3 aromatic heterocycles. The zero-order chi connectivity index (χ0) is 30.5. The minimum absolute atomic E-state index is 0.467. The Labute approximate surface area is 264 Å². The summed E-state index contributed by atoms with van der Waals surface area (Å²) >= 11 is 0. The van der Waals surface area contributed by atoms with Gasteiger partial charge in [0.15, 0.2) is 11.6 Å². The summed E-state index contributed by atoms with van der Waals surface area (Å²) in [5.74, 6) is 0.938. The summed E-state index contributed by atoms with van der Waals surface area (Å²) in [6.07, 6.45) is 7.37. The highest BCUT2D eigenvalue weighted by molar-refractivity contribution is 6.09. The number of benzene rings is 6. The molecule has 0 aliphatic heterocycles. The minimum atomic E-state index is 0.467. The van der Waals surface area contributed by atoms with E-state index in [1.807, 2.05) is 24.8 Å². The predicted molar refractivity (Wildman–Crippen MR) is 187 cm³/mol. The fraction of sp³-hybridized carbons (Fsp3) is 0. The van der Waals surface area contributed by atoms with Gasteiger partial charge in [-0.3, -0.25) is 0 Å². The molecule has 0 spiro atoms. The molecule has 6 heteroatoms. The van der Waals surface area contributed by atoms with Crippen LogP contribution in [0.15, 0.2) is 158 Å². The molecule has 0 aliphatic carbocycles. The Hall–Kier alpha value is -6.40. The van der Waals surface area contributed by atoms with E-state index in [-0.39, 0.29) is 0 Å². The lowest BCUT2D eigenvalue weighted by Gasteiger charge is -2.25. The number of hydrogen-bond acceptors (Lipinski definition) is 5. The standard InChI is InChI=1S/C40H26N6/c1-3-11-29-21-31(19-17-27(29)9-1)45(32-20-18-28-10-2-4-12-30(28)22-32)33-23-41-39(42-24-33)40-43-25-34(26-44-40)46-37-15-7-5-13-35(37)36-14-6-8-16-38(36)46/h1-26H. The molecular formula is C40H26N6. The van der Waals surface area contributed by atoms with Crippen molar-refractivity contribution in [2.24, 2.45) is 0 Å². The molecule has 0 aliphatic rings. The first-order valence-corrected chi connectivity index (χ1v) is 15.2. The number of aromatic nitrogens is 5. The van der Waals surface area contributed by atoms with Crippen LogP contribution in [0.5, 0.6) is 0 Å². The van der Waals surface area contributed by atoms with Crippen LogP contribution in [0.2, 0.25) is 0 Å². The van der Waals surface area contributed by atoms with Gasteiger partial charge in [0, 0.05) is 22.1 Å². The van der Waals surface area contributed by atoms with Crippen molar-refractivity contribution in [3.63, 3.8) is 0 Å². The molecule has 9 rings (SSSR count). The van der Waals surface area contributed by atoms with Crippen molar-refractivity contribution in [1.82, 2.24) is 24.5 Å². The second-order valence-electron chi connectivity index (χ2n) is 11.3. The van der Waals surface area contributed by atoms with Crippen LogP contribution < -0.4 is 4.90 Å². The topological polar surface area (TPSA) is 59.7 Å². The highest BCUT2D eigenvalue weighted by Gasteiger charge is 2.17. The molecule has 9 aromatic rings. The third-order valence-electron chi connectivity index (χ3n) is 8.56. The van der Waals surface area contributed by atoms with Crippen molar-refractivity contribution in [2.75, 3.05) is 4.90 Å². The number of nitrogens with zero attached hydrogens (tertiary/aromatic N) is 6. The number of anilines is 3. The lowest BCUT2D eigenvalue weighted by atomic mass is 10.1. The smallest absolute Gasteiger partial charge is 0.197 e. The van der Waals surface area contributed by atoms with Crippen LogP contribution in [-0.2, 0) is 0 Å². The summed E-state index contributed by atoms with van der Waals surface area (Å²) in [5.41, 5.74) is 6.01. The van der Waals surface area contributed by atoms with Gasteiger partial charge in [-0.1, -0.05) is 97.1 Å². The number of rotatable bonds is 5. The largest absolute Gasteiger partial charge is 0.307 e. The van der Waals surface area contributed by atoms with Crippen molar-refractivity contribution in [3.8, 4) is 17.3 Å². The van der Waals surface area contributed by atoms with Gasteiger partial charge < -0.3 is 9.47 Å². The molecule has 0 unspecified atom stereocenters. The molecule has 0 atom stereocenters. The maximum absolute atomic E-state index is 4.75. The molecule has 216 valence electrons. The average Bonchev–Trinajstić information content (AvgIpc) is 3.46. The van der Waals surface area contributed by atoms with Crippen LogP contribution in [0, 0.1) is 0 Å². The van der Waals surface area contributed by atoms with Crippen LogP contribution in [0.25, 0.3) is 60.7 Å². The van der Waals surface area contributed by atoms with E-state index in [4.69, 9.17) is 19.9 Å². The van der Waals surface area contributed by atoms with Crippen LogP contribution in [0.4, 0.5) is 17.1 Å². The SMILES string of the molecule is c1ccc2cc(N(c3cnc(-c4ncc(-n5c6ccccc6c6ccccc65)cn4)nc3)c3ccc4ccccc4c3)ccc2c1. The minimum Gasteiger partial charge on any atom is -0.307 e. The van der Waals surface area contributed by atoms with E-state index in [1.54, 1.807) is 0 Å². The predicted octanol–water partition coefficient (Wildman–Crippen LogP) is 9.81. The van der Waals surface area contributed by atoms with Gasteiger partial charge >= 0.3 is 0 Å². The van der Waals surface area contributed by atoms with Gasteiger partial charge in [-0.2, -0.15) is 0 Å². The second-order valence-corrected chi connectivity index (χ2v) is 11.3. The second kappa shape index (κ2) is 10.6. The first kappa shape index (κ1) is 26.0. The van der Waals surface area contributed by atoms with E-state index in [0.717, 1.165) is 33.8 Å². The van der Waals surface area contributed by atoms with Gasteiger partial charge in [0.2, 0.25) is 0 Å². The van der Waals surface area contributed by atoms with E-state index >= 15 is 0 Å². The zero-order valence-corrected chi connectivity index (χ0v) is 24.7. The summed E-state index contributed by atoms with van der Waals surface area (Å²) in [6, 6.07) is 46.6. The van der Waals surface area contributed by atoms with Crippen molar-refractivity contribution in [3.05, 3.63) is 158 Å². The maximum Gasteiger partial charge on any atom is 0.197 e. The van der Waals surface area contributed by atoms with Gasteiger partial charge in [0.1, 0.15) is 0 Å². The van der Waals surface area contributed by atoms with Crippen LogP contribution in [0.3, 0.4) is 0 Å². The fourth-order valence-corrected chi connectivity index (χ4v) is 6.38. The van der Waals surface area contributed by atoms with Crippen molar-refractivity contribution in [1.29, 1.82) is 0 Å². The van der Waals surface area contributed by atoms with Crippen LogP contribution in [-0.4, -0.2) is 24.5 Å². The Kier molecular flexibility index (Phi) is 6.03. The molecule has 46 heavy (non-hydrogen) atoms. The lowest BCUT2D eigenvalue weighted by molar-refractivity contribution is 1.04. The molecule has 0 N–H and O–H groups in total. The Bertz CT molecular complexity index is 2400.